The maximum Gasteiger partial charge on any atom is 0.442 e. The van der Waals surface area contributed by atoms with Gasteiger partial charge in [-0.05, 0) is 6.92 Å². The van der Waals surface area contributed by atoms with Crippen LogP contribution in [0.2, 0.25) is 0 Å². The molecular weight excluding hydrogens is 294 g/mol. The maximum atomic E-state index is 11.8. The maximum absolute atomic E-state index is 11.8. The predicted molar refractivity (Wildman–Crippen MR) is 75.8 cm³/mol. The molecule has 0 radical (unpaired) electrons. The molecule has 0 aliphatic heterocycles. The highest BCUT2D eigenvalue weighted by molar-refractivity contribution is 7.16. The zero-order valence-electron chi connectivity index (χ0n) is 11.7. The molecule has 9 heteroatoms. The van der Waals surface area contributed by atoms with Gasteiger partial charge in [-0.2, -0.15) is 9.61 Å². The van der Waals surface area contributed by atoms with Crippen LogP contribution in [0.1, 0.15) is 36.3 Å². The summed E-state index contributed by atoms with van der Waals surface area (Å²) < 4.78 is 7.35. The van der Waals surface area contributed by atoms with Gasteiger partial charge in [0.1, 0.15) is 5.01 Å². The number of nitrogens with zero attached hydrogens (tertiary/aromatic N) is 5. The Bertz CT molecular complexity index is 917. The Morgan fingerprint density at radius 1 is 1.38 bits per heavy atom. The van der Waals surface area contributed by atoms with Crippen LogP contribution < -0.4 is 11.3 Å². The minimum Gasteiger partial charge on any atom is -0.296 e. The average Bonchev–Trinajstić information content (AvgIpc) is 2.94. The summed E-state index contributed by atoms with van der Waals surface area (Å²) in [6, 6.07) is 1.42. The van der Waals surface area contributed by atoms with Gasteiger partial charge in [-0.1, -0.05) is 30.3 Å². The summed E-state index contributed by atoms with van der Waals surface area (Å²) in [7, 11) is 0. The molecule has 3 heterocycles. The molecule has 0 amide bonds. The summed E-state index contributed by atoms with van der Waals surface area (Å²) >= 11 is 1.26. The minimum absolute atomic E-state index is 0.0499. The third kappa shape index (κ3) is 2.40. The van der Waals surface area contributed by atoms with Crippen molar-refractivity contribution in [3.8, 4) is 0 Å². The van der Waals surface area contributed by atoms with Crippen LogP contribution in [-0.2, 0) is 6.54 Å². The molecule has 0 spiro atoms. The molecule has 0 atom stereocenters. The molecule has 3 rings (SSSR count). The number of aryl methyl sites for hydroxylation is 1. The van der Waals surface area contributed by atoms with Crippen LogP contribution in [0.15, 0.2) is 20.2 Å². The lowest BCUT2D eigenvalue weighted by molar-refractivity contribution is 0.373. The Morgan fingerprint density at radius 3 is 2.86 bits per heavy atom. The summed E-state index contributed by atoms with van der Waals surface area (Å²) in [6.45, 7) is 5.80. The minimum atomic E-state index is -0.533. The second kappa shape index (κ2) is 4.92. The largest absolute Gasteiger partial charge is 0.442 e. The van der Waals surface area contributed by atoms with E-state index in [0.29, 0.717) is 21.5 Å². The normalized spacial score (nSPS) is 11.6. The first-order chi connectivity index (χ1) is 9.95. The van der Waals surface area contributed by atoms with E-state index in [1.807, 2.05) is 13.8 Å². The van der Waals surface area contributed by atoms with Crippen LogP contribution in [-0.4, -0.2) is 24.3 Å². The Hall–Kier alpha value is -2.29. The van der Waals surface area contributed by atoms with Crippen molar-refractivity contribution in [2.45, 2.75) is 33.2 Å². The summed E-state index contributed by atoms with van der Waals surface area (Å²) in [5.74, 6) is 0.0686. The first kappa shape index (κ1) is 13.7. The Kier molecular flexibility index (Phi) is 3.20. The van der Waals surface area contributed by atoms with E-state index in [9.17, 15) is 9.59 Å². The molecule has 3 aromatic rings. The van der Waals surface area contributed by atoms with Crippen molar-refractivity contribution >= 4 is 16.3 Å². The molecule has 0 aliphatic carbocycles. The van der Waals surface area contributed by atoms with E-state index >= 15 is 0 Å². The van der Waals surface area contributed by atoms with Gasteiger partial charge in [-0.25, -0.2) is 9.78 Å². The zero-order valence-corrected chi connectivity index (χ0v) is 12.5. The van der Waals surface area contributed by atoms with Crippen LogP contribution in [0.4, 0.5) is 0 Å². The molecule has 0 bridgehead atoms. The third-order valence-electron chi connectivity index (χ3n) is 2.94. The number of aromatic nitrogens is 5. The molecule has 8 nitrogen and oxygen atoms in total. The lowest BCUT2D eigenvalue weighted by Gasteiger charge is -2.03. The van der Waals surface area contributed by atoms with Crippen LogP contribution >= 0.6 is 11.3 Å². The molecule has 0 N–H and O–H groups in total. The Labute approximate surface area is 122 Å². The topological polar surface area (TPSA) is 95.3 Å². The van der Waals surface area contributed by atoms with Gasteiger partial charge in [0.25, 0.3) is 5.56 Å². The van der Waals surface area contributed by atoms with E-state index in [1.165, 1.54) is 26.5 Å². The van der Waals surface area contributed by atoms with Crippen molar-refractivity contribution in [3.05, 3.63) is 43.5 Å². The molecule has 3 aromatic heterocycles. The van der Waals surface area contributed by atoms with Gasteiger partial charge in [0.15, 0.2) is 5.82 Å². The monoisotopic (exact) mass is 307 g/mol. The standard InChI is InChI=1S/C12H13N5O3S/c1-6(2)10-15-20-12(19)16(10)5-8-14-17-9(18)4-7(3)13-11(17)21-8/h4,6H,5H2,1-3H3. The van der Waals surface area contributed by atoms with Gasteiger partial charge in [-0.15, -0.1) is 0 Å². The van der Waals surface area contributed by atoms with Crippen LogP contribution in [0.3, 0.4) is 0 Å². The van der Waals surface area contributed by atoms with E-state index in [0.717, 1.165) is 0 Å². The summed E-state index contributed by atoms with van der Waals surface area (Å²) in [5.41, 5.74) is 0.405. The molecule has 0 aromatic carbocycles. The van der Waals surface area contributed by atoms with E-state index in [4.69, 9.17) is 4.52 Å². The fourth-order valence-electron chi connectivity index (χ4n) is 2.00. The second-order valence-corrected chi connectivity index (χ2v) is 6.01. The average molecular weight is 307 g/mol. The van der Waals surface area contributed by atoms with Crippen molar-refractivity contribution in [1.29, 1.82) is 0 Å². The first-order valence-corrected chi connectivity index (χ1v) is 7.20. The quantitative estimate of drug-likeness (QED) is 0.709. The van der Waals surface area contributed by atoms with Gasteiger partial charge in [0.2, 0.25) is 4.96 Å². The van der Waals surface area contributed by atoms with Crippen LogP contribution in [0, 0.1) is 6.92 Å². The summed E-state index contributed by atoms with van der Waals surface area (Å²) in [5, 5.41) is 8.56. The van der Waals surface area contributed by atoms with Gasteiger partial charge in [0.05, 0.1) is 6.54 Å². The lowest BCUT2D eigenvalue weighted by atomic mass is 10.2. The third-order valence-corrected chi connectivity index (χ3v) is 3.83. The van der Waals surface area contributed by atoms with Crippen molar-refractivity contribution in [2.24, 2.45) is 0 Å². The van der Waals surface area contributed by atoms with Crippen molar-refractivity contribution in [3.63, 3.8) is 0 Å². The Balaban J connectivity index is 2.07. The molecular formula is C12H13N5O3S. The molecule has 0 saturated heterocycles. The zero-order chi connectivity index (χ0) is 15.1. The highest BCUT2D eigenvalue weighted by atomic mass is 32.1. The smallest absolute Gasteiger partial charge is 0.296 e. The molecule has 21 heavy (non-hydrogen) atoms. The predicted octanol–water partition coefficient (Wildman–Crippen LogP) is 0.781. The van der Waals surface area contributed by atoms with Gasteiger partial charge in [-0.3, -0.25) is 13.9 Å². The SMILES string of the molecule is Cc1cc(=O)n2nc(Cn3c(C(C)C)noc3=O)sc2n1. The van der Waals surface area contributed by atoms with Crippen molar-refractivity contribution in [2.75, 3.05) is 0 Å². The number of hydrogen-bond donors (Lipinski definition) is 0. The van der Waals surface area contributed by atoms with Gasteiger partial charge >= 0.3 is 5.76 Å². The lowest BCUT2D eigenvalue weighted by Crippen LogP contribution is -2.19. The van der Waals surface area contributed by atoms with Crippen molar-refractivity contribution in [1.82, 2.24) is 24.3 Å². The van der Waals surface area contributed by atoms with Gasteiger partial charge < -0.3 is 0 Å². The fraction of sp³-hybridized carbons (Fsp3) is 0.417. The Morgan fingerprint density at radius 2 is 2.14 bits per heavy atom. The van der Waals surface area contributed by atoms with E-state index in [1.54, 1.807) is 6.92 Å². The fourth-order valence-corrected chi connectivity index (χ4v) is 2.93. The number of hydrogen-bond acceptors (Lipinski definition) is 7. The van der Waals surface area contributed by atoms with Crippen LogP contribution in [0.25, 0.3) is 4.96 Å². The van der Waals surface area contributed by atoms with E-state index in [2.05, 4.69) is 15.2 Å². The highest BCUT2D eigenvalue weighted by Crippen LogP contribution is 2.15. The molecule has 0 fully saturated rings. The number of fused-ring (bicyclic) bond motifs is 1. The first-order valence-electron chi connectivity index (χ1n) is 6.38. The van der Waals surface area contributed by atoms with E-state index in [-0.39, 0.29) is 18.0 Å². The molecule has 110 valence electrons. The summed E-state index contributed by atoms with van der Waals surface area (Å²) in [4.78, 5) is 28.3. The molecule has 0 saturated carbocycles. The van der Waals surface area contributed by atoms with Crippen molar-refractivity contribution < 1.29 is 4.52 Å². The highest BCUT2D eigenvalue weighted by Gasteiger charge is 2.16. The molecule has 0 unspecified atom stereocenters. The van der Waals surface area contributed by atoms with Gasteiger partial charge in [0, 0.05) is 17.7 Å². The number of rotatable bonds is 3. The summed E-state index contributed by atoms with van der Waals surface area (Å²) in [6.07, 6.45) is 0. The van der Waals surface area contributed by atoms with E-state index < -0.39 is 5.76 Å². The molecule has 0 aliphatic rings. The second-order valence-electron chi connectivity index (χ2n) is 4.97. The van der Waals surface area contributed by atoms with Crippen LogP contribution in [0.5, 0.6) is 0 Å².